The maximum atomic E-state index is 12.7. The summed E-state index contributed by atoms with van der Waals surface area (Å²) >= 11 is 0. The first-order valence-electron chi connectivity index (χ1n) is 10.1. The van der Waals surface area contributed by atoms with E-state index in [0.29, 0.717) is 30.3 Å². The third-order valence-corrected chi connectivity index (χ3v) is 7.02. The monoisotopic (exact) mass is 478 g/mol. The van der Waals surface area contributed by atoms with Gasteiger partial charge in [-0.15, -0.1) is 10.2 Å². The lowest BCUT2D eigenvalue weighted by Crippen LogP contribution is -2.49. The fourth-order valence-corrected chi connectivity index (χ4v) is 4.95. The summed E-state index contributed by atoms with van der Waals surface area (Å²) in [5, 5.41) is 11.5. The summed E-state index contributed by atoms with van der Waals surface area (Å²) in [6.07, 6.45) is -1.12. The Morgan fingerprint density at radius 3 is 2.24 bits per heavy atom. The van der Waals surface area contributed by atoms with Crippen molar-refractivity contribution in [2.75, 3.05) is 36.4 Å². The second-order valence-corrected chi connectivity index (χ2v) is 9.45. The normalized spacial score (nSPS) is 15.4. The van der Waals surface area contributed by atoms with E-state index in [4.69, 9.17) is 0 Å². The van der Waals surface area contributed by atoms with Gasteiger partial charge in [0, 0.05) is 32.4 Å². The highest BCUT2D eigenvalue weighted by atomic mass is 32.2. The Kier molecular flexibility index (Phi) is 6.47. The van der Waals surface area contributed by atoms with Crippen LogP contribution in [-0.2, 0) is 22.0 Å². The molecule has 0 saturated carbocycles. The minimum Gasteiger partial charge on any atom is -0.352 e. The molecule has 12 heteroatoms. The maximum Gasteiger partial charge on any atom is 0.416 e. The Morgan fingerprint density at radius 2 is 1.67 bits per heavy atom. The van der Waals surface area contributed by atoms with E-state index in [1.54, 1.807) is 30.6 Å². The zero-order chi connectivity index (χ0) is 23.5. The van der Waals surface area contributed by atoms with Crippen molar-refractivity contribution in [3.63, 3.8) is 0 Å². The van der Waals surface area contributed by atoms with Crippen LogP contribution in [0, 0.1) is 0 Å². The van der Waals surface area contributed by atoms with Gasteiger partial charge in [0.15, 0.2) is 11.6 Å². The van der Waals surface area contributed by atoms with Gasteiger partial charge in [-0.2, -0.15) is 17.5 Å². The zero-order valence-corrected chi connectivity index (χ0v) is 18.2. The Hall–Kier alpha value is -3.25. The average Bonchev–Trinajstić information content (AvgIpc) is 2.80. The summed E-state index contributed by atoms with van der Waals surface area (Å²) in [7, 11) is -3.66. The van der Waals surface area contributed by atoms with Gasteiger partial charge < -0.3 is 10.2 Å². The van der Waals surface area contributed by atoms with Crippen LogP contribution < -0.4 is 10.2 Å². The molecule has 0 amide bonds. The molecule has 8 nitrogen and oxygen atoms in total. The van der Waals surface area contributed by atoms with Crippen molar-refractivity contribution in [3.05, 3.63) is 72.1 Å². The molecule has 3 aromatic rings. The molecular weight excluding hydrogens is 457 g/mol. The lowest BCUT2D eigenvalue weighted by Gasteiger charge is -2.34. The highest BCUT2D eigenvalue weighted by molar-refractivity contribution is 7.88. The standard InChI is InChI=1S/C21H21F3N6O2S/c22-21(23,24)17-5-3-16(4-6-17)15-33(31,32)30-12-10-29(11-13-30)20-8-7-19(27-28-20)26-18-2-1-9-25-14-18/h1-9,14H,10-13,15H2,(H,26,27). The summed E-state index contributed by atoms with van der Waals surface area (Å²) in [6.45, 7) is 1.35. The van der Waals surface area contributed by atoms with Gasteiger partial charge in [0.25, 0.3) is 0 Å². The molecule has 33 heavy (non-hydrogen) atoms. The van der Waals surface area contributed by atoms with E-state index in [1.807, 2.05) is 11.0 Å². The third kappa shape index (κ3) is 5.76. The number of piperazine rings is 1. The van der Waals surface area contributed by atoms with E-state index in [2.05, 4.69) is 20.5 Å². The van der Waals surface area contributed by atoms with E-state index in [-0.39, 0.29) is 18.8 Å². The van der Waals surface area contributed by atoms with E-state index >= 15 is 0 Å². The number of nitrogens with one attached hydrogen (secondary N) is 1. The molecule has 0 bridgehead atoms. The van der Waals surface area contributed by atoms with Crippen molar-refractivity contribution < 1.29 is 21.6 Å². The van der Waals surface area contributed by atoms with Gasteiger partial charge in [-0.3, -0.25) is 4.98 Å². The molecule has 174 valence electrons. The molecular formula is C21H21F3N6O2S. The molecule has 1 saturated heterocycles. The minimum absolute atomic E-state index is 0.250. The molecule has 1 aliphatic heterocycles. The average molecular weight is 479 g/mol. The molecule has 1 aromatic carbocycles. The maximum absolute atomic E-state index is 12.7. The largest absolute Gasteiger partial charge is 0.416 e. The summed E-state index contributed by atoms with van der Waals surface area (Å²) in [4.78, 5) is 5.96. The molecule has 1 fully saturated rings. The molecule has 0 aliphatic carbocycles. The Morgan fingerprint density at radius 1 is 0.939 bits per heavy atom. The number of halogens is 3. The number of aromatic nitrogens is 3. The first kappa shape index (κ1) is 22.9. The first-order chi connectivity index (χ1) is 15.7. The van der Waals surface area contributed by atoms with Gasteiger partial charge in [0.2, 0.25) is 10.0 Å². The lowest BCUT2D eigenvalue weighted by molar-refractivity contribution is -0.137. The highest BCUT2D eigenvalue weighted by Gasteiger charge is 2.31. The number of rotatable bonds is 6. The van der Waals surface area contributed by atoms with E-state index in [1.165, 1.54) is 16.4 Å². The van der Waals surface area contributed by atoms with Crippen LogP contribution in [0.15, 0.2) is 60.9 Å². The van der Waals surface area contributed by atoms with Crippen LogP contribution in [0.5, 0.6) is 0 Å². The van der Waals surface area contributed by atoms with Crippen molar-refractivity contribution in [1.82, 2.24) is 19.5 Å². The highest BCUT2D eigenvalue weighted by Crippen LogP contribution is 2.29. The number of anilines is 3. The SMILES string of the molecule is O=S(=O)(Cc1ccc(C(F)(F)F)cc1)N1CCN(c2ccc(Nc3cccnc3)nn2)CC1. The van der Waals surface area contributed by atoms with Gasteiger partial charge in [0.1, 0.15) is 0 Å². The Labute approximate surface area is 189 Å². The third-order valence-electron chi connectivity index (χ3n) is 5.17. The van der Waals surface area contributed by atoms with E-state index in [9.17, 15) is 21.6 Å². The Balaban J connectivity index is 1.33. The van der Waals surface area contributed by atoms with Gasteiger partial charge in [-0.25, -0.2) is 8.42 Å². The van der Waals surface area contributed by atoms with E-state index in [0.717, 1.165) is 17.8 Å². The Bertz CT molecular complexity index is 1170. The van der Waals surface area contributed by atoms with E-state index < -0.39 is 21.8 Å². The van der Waals surface area contributed by atoms with Crippen molar-refractivity contribution in [3.8, 4) is 0 Å². The predicted molar refractivity (Wildman–Crippen MR) is 117 cm³/mol. The van der Waals surface area contributed by atoms with Crippen LogP contribution in [0.2, 0.25) is 0 Å². The summed E-state index contributed by atoms with van der Waals surface area (Å²) in [5.41, 5.74) is 0.291. The van der Waals surface area contributed by atoms with Gasteiger partial charge in [0.05, 0.1) is 23.2 Å². The molecule has 0 atom stereocenters. The molecule has 2 aromatic heterocycles. The quantitative estimate of drug-likeness (QED) is 0.581. The van der Waals surface area contributed by atoms with Crippen LogP contribution in [-0.4, -0.2) is 54.1 Å². The number of nitrogens with zero attached hydrogens (tertiary/aromatic N) is 5. The van der Waals surface area contributed by atoms with Crippen LogP contribution in [0.25, 0.3) is 0 Å². The number of sulfonamides is 1. The van der Waals surface area contributed by atoms with Gasteiger partial charge in [-0.05, 0) is 42.0 Å². The van der Waals surface area contributed by atoms with Gasteiger partial charge in [-0.1, -0.05) is 12.1 Å². The fourth-order valence-electron chi connectivity index (χ4n) is 3.43. The molecule has 4 rings (SSSR count). The number of benzene rings is 1. The molecule has 3 heterocycles. The fraction of sp³-hybridized carbons (Fsp3) is 0.286. The number of hydrogen-bond donors (Lipinski definition) is 1. The topological polar surface area (TPSA) is 91.3 Å². The second kappa shape index (κ2) is 9.32. The van der Waals surface area contributed by atoms with Crippen molar-refractivity contribution in [2.45, 2.75) is 11.9 Å². The second-order valence-electron chi connectivity index (χ2n) is 7.48. The van der Waals surface area contributed by atoms with Crippen molar-refractivity contribution >= 4 is 27.3 Å². The molecule has 1 N–H and O–H groups in total. The summed E-state index contributed by atoms with van der Waals surface area (Å²) in [5.74, 6) is 0.843. The zero-order valence-electron chi connectivity index (χ0n) is 17.4. The van der Waals surface area contributed by atoms with Crippen molar-refractivity contribution in [2.24, 2.45) is 0 Å². The molecule has 1 aliphatic rings. The minimum atomic E-state index is -4.45. The smallest absolute Gasteiger partial charge is 0.352 e. The summed E-state index contributed by atoms with van der Waals surface area (Å²) < 4.78 is 64.9. The van der Waals surface area contributed by atoms with Crippen LogP contribution in [0.1, 0.15) is 11.1 Å². The molecule has 0 unspecified atom stereocenters. The van der Waals surface area contributed by atoms with Gasteiger partial charge >= 0.3 is 6.18 Å². The molecule has 0 spiro atoms. The van der Waals surface area contributed by atoms with Crippen molar-refractivity contribution in [1.29, 1.82) is 0 Å². The predicted octanol–water partition coefficient (Wildman–Crippen LogP) is 3.29. The van der Waals surface area contributed by atoms with Crippen LogP contribution in [0.3, 0.4) is 0 Å². The number of alkyl halides is 3. The number of pyridine rings is 1. The van der Waals surface area contributed by atoms with Crippen LogP contribution in [0.4, 0.5) is 30.5 Å². The van der Waals surface area contributed by atoms with Crippen LogP contribution >= 0.6 is 0 Å². The summed E-state index contributed by atoms with van der Waals surface area (Å²) in [6, 6.07) is 11.4. The first-order valence-corrected chi connectivity index (χ1v) is 11.7. The lowest BCUT2D eigenvalue weighted by atomic mass is 10.1. The number of hydrogen-bond acceptors (Lipinski definition) is 7. The molecule has 0 radical (unpaired) electrons.